The molecule has 1 heterocycles. The number of methoxy groups -OCH3 is 2. The van der Waals surface area contributed by atoms with Crippen molar-refractivity contribution >= 4 is 30.1 Å². The van der Waals surface area contributed by atoms with Gasteiger partial charge in [0, 0.05) is 13.1 Å². The molecule has 3 aromatic rings. The molecule has 39 heavy (non-hydrogen) atoms. The van der Waals surface area contributed by atoms with Crippen LogP contribution in [0.25, 0.3) is 17.7 Å². The number of piperidine rings is 1. The van der Waals surface area contributed by atoms with Crippen molar-refractivity contribution in [2.45, 2.75) is 38.0 Å². The van der Waals surface area contributed by atoms with Gasteiger partial charge in [-0.3, -0.25) is 0 Å². The number of ether oxygens (including phenoxy) is 2. The second kappa shape index (κ2) is 12.6. The normalized spacial score (nSPS) is 16.2. The third-order valence-corrected chi connectivity index (χ3v) is 8.13. The van der Waals surface area contributed by atoms with Gasteiger partial charge in [0.15, 0.2) is 11.5 Å². The number of nitriles is 1. The molecule has 1 atom stereocenters. The van der Waals surface area contributed by atoms with Crippen LogP contribution in [0.4, 0.5) is 0 Å². The van der Waals surface area contributed by atoms with E-state index in [4.69, 9.17) is 9.47 Å². The third-order valence-electron chi connectivity index (χ3n) is 8.13. The first kappa shape index (κ1) is 28.5. The summed E-state index contributed by atoms with van der Waals surface area (Å²) >= 11 is 0. The minimum absolute atomic E-state index is 0. The van der Waals surface area contributed by atoms with Crippen molar-refractivity contribution in [1.82, 2.24) is 4.90 Å². The van der Waals surface area contributed by atoms with Crippen LogP contribution in [0.1, 0.15) is 60.4 Å². The molecule has 5 rings (SSSR count). The summed E-state index contributed by atoms with van der Waals surface area (Å²) in [5.41, 5.74) is 8.65. The lowest BCUT2D eigenvalue weighted by molar-refractivity contribution is 0.246. The fraction of sp³-hybridized carbons (Fsp3) is 0.324. The van der Waals surface area contributed by atoms with Crippen molar-refractivity contribution in [3.8, 4) is 17.6 Å². The van der Waals surface area contributed by atoms with Gasteiger partial charge in [-0.1, -0.05) is 72.3 Å². The van der Waals surface area contributed by atoms with E-state index in [1.165, 1.54) is 27.8 Å². The van der Waals surface area contributed by atoms with Crippen molar-refractivity contribution < 1.29 is 9.47 Å². The van der Waals surface area contributed by atoms with Crippen LogP contribution < -0.4 is 9.47 Å². The van der Waals surface area contributed by atoms with E-state index in [0.717, 1.165) is 50.9 Å². The molecule has 5 heteroatoms. The van der Waals surface area contributed by atoms with Gasteiger partial charge in [0.1, 0.15) is 0 Å². The number of halogens is 1. The third kappa shape index (κ3) is 5.91. The second-order valence-electron chi connectivity index (χ2n) is 10.4. The van der Waals surface area contributed by atoms with Gasteiger partial charge in [-0.25, -0.2) is 0 Å². The Morgan fingerprint density at radius 2 is 1.44 bits per heavy atom. The zero-order valence-corrected chi connectivity index (χ0v) is 23.9. The molecule has 0 aromatic heterocycles. The topological polar surface area (TPSA) is 45.5 Å². The van der Waals surface area contributed by atoms with Gasteiger partial charge in [0.05, 0.1) is 25.7 Å². The standard InChI is InChI=1S/C34H36N2O2.ClH/c1-34(24-35,28-15-16-31(37-2)32(23-28)38-3)19-8-20-36-21-17-27(18-22-36)33-29-11-6-4-9-25(29)13-14-26-10-5-7-12-30(26)33;/h4-7,9-16,23H,8,17-22H2,1-3H3;1H. The lowest BCUT2D eigenvalue weighted by Gasteiger charge is -2.31. The van der Waals surface area contributed by atoms with Crippen molar-refractivity contribution in [2.75, 3.05) is 33.9 Å². The van der Waals surface area contributed by atoms with E-state index in [0.29, 0.717) is 11.5 Å². The summed E-state index contributed by atoms with van der Waals surface area (Å²) in [6, 6.07) is 25.9. The van der Waals surface area contributed by atoms with Crippen LogP contribution in [0.2, 0.25) is 0 Å². The highest BCUT2D eigenvalue weighted by Gasteiger charge is 2.28. The Kier molecular flexibility index (Phi) is 9.17. The van der Waals surface area contributed by atoms with Crippen molar-refractivity contribution in [2.24, 2.45) is 0 Å². The van der Waals surface area contributed by atoms with Gasteiger partial charge in [0.2, 0.25) is 0 Å². The molecule has 4 nitrogen and oxygen atoms in total. The van der Waals surface area contributed by atoms with Crippen molar-refractivity contribution in [1.29, 1.82) is 5.26 Å². The first-order valence-corrected chi connectivity index (χ1v) is 13.5. The van der Waals surface area contributed by atoms with E-state index >= 15 is 0 Å². The SMILES string of the molecule is COc1ccc(C(C)(C#N)CCCN2CCC(=C3c4ccccc4C=Cc4ccccc43)CC2)cc1OC.Cl. The highest BCUT2D eigenvalue weighted by atomic mass is 35.5. The van der Waals surface area contributed by atoms with Gasteiger partial charge >= 0.3 is 0 Å². The minimum Gasteiger partial charge on any atom is -0.493 e. The van der Waals surface area contributed by atoms with Crippen LogP contribution in [-0.2, 0) is 5.41 Å². The fourth-order valence-electron chi connectivity index (χ4n) is 5.84. The number of hydrogen-bond donors (Lipinski definition) is 0. The zero-order valence-electron chi connectivity index (χ0n) is 23.1. The van der Waals surface area contributed by atoms with E-state index in [-0.39, 0.29) is 12.4 Å². The quantitative estimate of drug-likeness (QED) is 0.240. The molecule has 1 aliphatic carbocycles. The molecule has 0 amide bonds. The average molecular weight is 541 g/mol. The van der Waals surface area contributed by atoms with Gasteiger partial charge in [-0.15, -0.1) is 12.4 Å². The minimum atomic E-state index is -0.566. The van der Waals surface area contributed by atoms with E-state index in [2.05, 4.69) is 71.7 Å². The van der Waals surface area contributed by atoms with Crippen molar-refractivity contribution in [3.63, 3.8) is 0 Å². The number of nitrogens with zero attached hydrogens (tertiary/aromatic N) is 2. The lowest BCUT2D eigenvalue weighted by Crippen LogP contribution is -2.33. The predicted octanol–water partition coefficient (Wildman–Crippen LogP) is 7.77. The van der Waals surface area contributed by atoms with Gasteiger partial charge < -0.3 is 14.4 Å². The molecule has 1 saturated heterocycles. The van der Waals surface area contributed by atoms with Crippen LogP contribution in [-0.4, -0.2) is 38.8 Å². The van der Waals surface area contributed by atoms with Crippen LogP contribution in [0.5, 0.6) is 11.5 Å². The summed E-state index contributed by atoms with van der Waals surface area (Å²) in [7, 11) is 3.26. The Morgan fingerprint density at radius 3 is 2.00 bits per heavy atom. The average Bonchev–Trinajstić information content (AvgIpc) is 3.14. The molecule has 1 unspecified atom stereocenters. The van der Waals surface area contributed by atoms with Crippen LogP contribution >= 0.6 is 12.4 Å². The molecule has 0 bridgehead atoms. The number of fused-ring (bicyclic) bond motifs is 2. The maximum Gasteiger partial charge on any atom is 0.161 e. The van der Waals surface area contributed by atoms with Gasteiger partial charge in [-0.05, 0) is 84.7 Å². The summed E-state index contributed by atoms with van der Waals surface area (Å²) in [6.07, 6.45) is 8.42. The smallest absolute Gasteiger partial charge is 0.161 e. The zero-order chi connectivity index (χ0) is 26.5. The molecule has 1 aliphatic heterocycles. The molecule has 0 spiro atoms. The van der Waals surface area contributed by atoms with Crippen LogP contribution in [0.15, 0.2) is 72.3 Å². The number of benzene rings is 3. The lowest BCUT2D eigenvalue weighted by atomic mass is 9.79. The Morgan fingerprint density at radius 1 is 0.846 bits per heavy atom. The van der Waals surface area contributed by atoms with E-state index in [9.17, 15) is 5.26 Å². The molecule has 202 valence electrons. The summed E-state index contributed by atoms with van der Waals surface area (Å²) in [5.74, 6) is 1.35. The first-order valence-electron chi connectivity index (χ1n) is 13.5. The Hall–Kier alpha value is -3.52. The molecule has 0 saturated carbocycles. The summed E-state index contributed by atoms with van der Waals surface area (Å²) in [4.78, 5) is 2.56. The second-order valence-corrected chi connectivity index (χ2v) is 10.4. The Labute approximate surface area is 239 Å². The number of likely N-dealkylation sites (tertiary alicyclic amines) is 1. The maximum absolute atomic E-state index is 10.1. The van der Waals surface area contributed by atoms with Gasteiger partial charge in [-0.2, -0.15) is 5.26 Å². The van der Waals surface area contributed by atoms with E-state index in [1.807, 2.05) is 25.1 Å². The van der Waals surface area contributed by atoms with Crippen LogP contribution in [0.3, 0.4) is 0 Å². The van der Waals surface area contributed by atoms with Crippen molar-refractivity contribution in [3.05, 3.63) is 100 Å². The summed E-state index contributed by atoms with van der Waals surface area (Å²) < 4.78 is 10.9. The highest BCUT2D eigenvalue weighted by Crippen LogP contribution is 2.39. The first-order chi connectivity index (χ1) is 18.6. The Bertz CT molecular complexity index is 1360. The molecule has 2 aliphatic rings. The summed E-state index contributed by atoms with van der Waals surface area (Å²) in [6.45, 7) is 5.14. The van der Waals surface area contributed by atoms with Gasteiger partial charge in [0.25, 0.3) is 0 Å². The molecular weight excluding hydrogens is 504 g/mol. The van der Waals surface area contributed by atoms with Crippen LogP contribution in [0, 0.1) is 11.3 Å². The van der Waals surface area contributed by atoms with E-state index in [1.54, 1.807) is 19.8 Å². The molecule has 0 N–H and O–H groups in total. The number of hydrogen-bond acceptors (Lipinski definition) is 4. The van der Waals surface area contributed by atoms with E-state index < -0.39 is 5.41 Å². The molecular formula is C34H37ClN2O2. The predicted molar refractivity (Wildman–Crippen MR) is 163 cm³/mol. The molecule has 0 radical (unpaired) electrons. The monoisotopic (exact) mass is 540 g/mol. The largest absolute Gasteiger partial charge is 0.493 e. The highest BCUT2D eigenvalue weighted by molar-refractivity contribution is 5.94. The summed E-state index contributed by atoms with van der Waals surface area (Å²) in [5, 5.41) is 10.1. The number of rotatable bonds is 7. The molecule has 3 aromatic carbocycles. The fourth-order valence-corrected chi connectivity index (χ4v) is 5.84. The maximum atomic E-state index is 10.1. The Balaban J connectivity index is 0.00000353. The molecule has 1 fully saturated rings.